The van der Waals surface area contributed by atoms with Crippen molar-refractivity contribution in [2.24, 2.45) is 0 Å². The number of thioether (sulfide) groups is 1. The molecule has 4 nitrogen and oxygen atoms in total. The summed E-state index contributed by atoms with van der Waals surface area (Å²) in [7, 11) is 0. The van der Waals surface area contributed by atoms with E-state index in [0.717, 1.165) is 32.4 Å². The van der Waals surface area contributed by atoms with Crippen LogP contribution in [0.4, 0.5) is 5.69 Å². The number of nitrogens with one attached hydrogen (secondary N) is 1. The van der Waals surface area contributed by atoms with E-state index in [4.69, 9.17) is 4.74 Å². The number of carbonyl (C=O) groups excluding carboxylic acids is 1. The molecule has 142 valence electrons. The zero-order chi connectivity index (χ0) is 19.2. The summed E-state index contributed by atoms with van der Waals surface area (Å²) in [5.74, 6) is 1.70. The van der Waals surface area contributed by atoms with Crippen molar-refractivity contribution in [3.63, 3.8) is 0 Å². The Hall–Kier alpha value is -2.05. The summed E-state index contributed by atoms with van der Waals surface area (Å²) in [5, 5.41) is 2.95. The minimum atomic E-state index is -0.0226. The van der Waals surface area contributed by atoms with Crippen LogP contribution in [0.5, 0.6) is 5.75 Å². The van der Waals surface area contributed by atoms with E-state index in [1.54, 1.807) is 11.3 Å². The molecule has 1 atom stereocenters. The fraction of sp³-hybridized carbons (Fsp3) is 0.333. The number of rotatable bonds is 8. The predicted molar refractivity (Wildman–Crippen MR) is 115 cm³/mol. The van der Waals surface area contributed by atoms with Gasteiger partial charge < -0.3 is 10.1 Å². The van der Waals surface area contributed by atoms with Crippen molar-refractivity contribution in [1.29, 1.82) is 0 Å². The minimum absolute atomic E-state index is 0.0226. The molecule has 2 aromatic carbocycles. The number of amides is 1. The molecule has 0 aliphatic heterocycles. The van der Waals surface area contributed by atoms with Gasteiger partial charge in [-0.25, -0.2) is 4.98 Å². The van der Waals surface area contributed by atoms with Crippen LogP contribution in [0.2, 0.25) is 0 Å². The van der Waals surface area contributed by atoms with E-state index in [0.29, 0.717) is 18.3 Å². The van der Waals surface area contributed by atoms with Crippen molar-refractivity contribution in [1.82, 2.24) is 4.98 Å². The Kier molecular flexibility index (Phi) is 6.74. The second-order valence-electron chi connectivity index (χ2n) is 6.31. The second-order valence-corrected chi connectivity index (χ2v) is 8.56. The standard InChI is InChI=1S/C21H24N2O2S2/c1-4-14(3)15-6-8-16(9-7-15)22-20(24)13-26-21-23-18-11-10-17(25-5-2)12-19(18)27-21/h6-12,14H,4-5,13H2,1-3H3,(H,22,24). The van der Waals surface area contributed by atoms with E-state index < -0.39 is 0 Å². The average molecular weight is 401 g/mol. The third-order valence-corrected chi connectivity index (χ3v) is 6.51. The van der Waals surface area contributed by atoms with Gasteiger partial charge in [0.25, 0.3) is 0 Å². The number of hydrogen-bond donors (Lipinski definition) is 1. The second kappa shape index (κ2) is 9.24. The summed E-state index contributed by atoms with van der Waals surface area (Å²) in [6.07, 6.45) is 1.11. The monoisotopic (exact) mass is 400 g/mol. The van der Waals surface area contributed by atoms with Crippen molar-refractivity contribution in [2.45, 2.75) is 37.4 Å². The highest BCUT2D eigenvalue weighted by Gasteiger charge is 2.10. The van der Waals surface area contributed by atoms with Crippen LogP contribution in [0.3, 0.4) is 0 Å². The zero-order valence-corrected chi connectivity index (χ0v) is 17.5. The highest BCUT2D eigenvalue weighted by Crippen LogP contribution is 2.32. The number of fused-ring (bicyclic) bond motifs is 1. The van der Waals surface area contributed by atoms with Crippen molar-refractivity contribution < 1.29 is 9.53 Å². The molecular formula is C21H24N2O2S2. The molecule has 0 bridgehead atoms. The Morgan fingerprint density at radius 3 is 2.70 bits per heavy atom. The van der Waals surface area contributed by atoms with Gasteiger partial charge in [-0.15, -0.1) is 11.3 Å². The van der Waals surface area contributed by atoms with Crippen LogP contribution >= 0.6 is 23.1 Å². The third kappa shape index (κ3) is 5.23. The maximum Gasteiger partial charge on any atom is 0.234 e. The molecule has 1 aromatic heterocycles. The van der Waals surface area contributed by atoms with E-state index >= 15 is 0 Å². The molecule has 0 spiro atoms. The average Bonchev–Trinajstić information content (AvgIpc) is 3.09. The molecule has 27 heavy (non-hydrogen) atoms. The van der Waals surface area contributed by atoms with Gasteiger partial charge in [0.15, 0.2) is 4.34 Å². The molecule has 3 rings (SSSR count). The summed E-state index contributed by atoms with van der Waals surface area (Å²) in [5.41, 5.74) is 3.07. The van der Waals surface area contributed by atoms with E-state index in [1.807, 2.05) is 37.3 Å². The number of hydrogen-bond acceptors (Lipinski definition) is 5. The lowest BCUT2D eigenvalue weighted by molar-refractivity contribution is -0.113. The Bertz CT molecular complexity index is 906. The number of ether oxygens (including phenoxy) is 1. The molecule has 3 aromatic rings. The highest BCUT2D eigenvalue weighted by atomic mass is 32.2. The number of carbonyl (C=O) groups is 1. The quantitative estimate of drug-likeness (QED) is 0.476. The highest BCUT2D eigenvalue weighted by molar-refractivity contribution is 8.01. The summed E-state index contributed by atoms with van der Waals surface area (Å²) in [4.78, 5) is 16.8. The van der Waals surface area contributed by atoms with Gasteiger partial charge in [-0.05, 0) is 55.2 Å². The molecule has 0 aliphatic carbocycles. The van der Waals surface area contributed by atoms with Gasteiger partial charge in [-0.3, -0.25) is 4.79 Å². The van der Waals surface area contributed by atoms with Crippen molar-refractivity contribution >= 4 is 44.9 Å². The van der Waals surface area contributed by atoms with Crippen LogP contribution < -0.4 is 10.1 Å². The van der Waals surface area contributed by atoms with Crippen LogP contribution in [-0.2, 0) is 4.79 Å². The SMILES string of the molecule is CCOc1ccc2nc(SCC(=O)Nc3ccc(C(C)CC)cc3)sc2c1. The lowest BCUT2D eigenvalue weighted by Crippen LogP contribution is -2.13. The summed E-state index contributed by atoms with van der Waals surface area (Å²) in [6.45, 7) is 7.00. The van der Waals surface area contributed by atoms with Crippen LogP contribution in [0, 0.1) is 0 Å². The number of benzene rings is 2. The molecule has 1 heterocycles. The Morgan fingerprint density at radius 1 is 1.22 bits per heavy atom. The van der Waals surface area contributed by atoms with Crippen LogP contribution in [0.15, 0.2) is 46.8 Å². The molecule has 0 fully saturated rings. The number of thiazole rings is 1. The molecule has 0 saturated heterocycles. The fourth-order valence-corrected chi connectivity index (χ4v) is 4.55. The van der Waals surface area contributed by atoms with Gasteiger partial charge in [0, 0.05) is 5.69 Å². The molecular weight excluding hydrogens is 376 g/mol. The topological polar surface area (TPSA) is 51.2 Å². The van der Waals surface area contributed by atoms with Gasteiger partial charge in [-0.2, -0.15) is 0 Å². The molecule has 1 N–H and O–H groups in total. The lowest BCUT2D eigenvalue weighted by Gasteiger charge is -2.10. The largest absolute Gasteiger partial charge is 0.494 e. The molecule has 6 heteroatoms. The van der Waals surface area contributed by atoms with Crippen molar-refractivity contribution in [3.05, 3.63) is 48.0 Å². The van der Waals surface area contributed by atoms with Crippen LogP contribution in [0.25, 0.3) is 10.2 Å². The van der Waals surface area contributed by atoms with Crippen molar-refractivity contribution in [2.75, 3.05) is 17.7 Å². The first-order valence-corrected chi connectivity index (χ1v) is 10.9. The smallest absolute Gasteiger partial charge is 0.234 e. The number of aromatic nitrogens is 1. The van der Waals surface area contributed by atoms with E-state index in [9.17, 15) is 4.79 Å². The molecule has 1 amide bonds. The summed E-state index contributed by atoms with van der Waals surface area (Å²) in [6, 6.07) is 14.0. The third-order valence-electron chi connectivity index (χ3n) is 4.35. The van der Waals surface area contributed by atoms with E-state index in [1.165, 1.54) is 17.3 Å². The van der Waals surface area contributed by atoms with E-state index in [-0.39, 0.29) is 5.91 Å². The van der Waals surface area contributed by atoms with Crippen LogP contribution in [0.1, 0.15) is 38.7 Å². The molecule has 0 saturated carbocycles. The molecule has 1 unspecified atom stereocenters. The predicted octanol–water partition coefficient (Wildman–Crippen LogP) is 5.94. The summed E-state index contributed by atoms with van der Waals surface area (Å²) >= 11 is 3.04. The maximum atomic E-state index is 12.2. The Morgan fingerprint density at radius 2 is 2.00 bits per heavy atom. The van der Waals surface area contributed by atoms with Gasteiger partial charge in [0.05, 0.1) is 22.6 Å². The van der Waals surface area contributed by atoms with Gasteiger partial charge in [-0.1, -0.05) is 37.7 Å². The first-order valence-electron chi connectivity index (χ1n) is 9.15. The lowest BCUT2D eigenvalue weighted by atomic mass is 9.99. The van der Waals surface area contributed by atoms with Gasteiger partial charge in [0.1, 0.15) is 5.75 Å². The summed E-state index contributed by atoms with van der Waals surface area (Å²) < 4.78 is 7.49. The number of nitrogens with zero attached hydrogens (tertiary/aromatic N) is 1. The van der Waals surface area contributed by atoms with E-state index in [2.05, 4.69) is 36.3 Å². The normalized spacial score (nSPS) is 12.1. The maximum absolute atomic E-state index is 12.2. The Balaban J connectivity index is 1.56. The molecule has 0 radical (unpaired) electrons. The van der Waals surface area contributed by atoms with Crippen LogP contribution in [-0.4, -0.2) is 23.3 Å². The minimum Gasteiger partial charge on any atom is -0.494 e. The molecule has 0 aliphatic rings. The first kappa shape index (κ1) is 19.7. The first-order chi connectivity index (χ1) is 13.1. The number of anilines is 1. The zero-order valence-electron chi connectivity index (χ0n) is 15.8. The van der Waals surface area contributed by atoms with Gasteiger partial charge >= 0.3 is 0 Å². The fourth-order valence-electron chi connectivity index (χ4n) is 2.66. The van der Waals surface area contributed by atoms with Gasteiger partial charge in [0.2, 0.25) is 5.91 Å². The Labute approximate surface area is 168 Å². The van der Waals surface area contributed by atoms with Crippen molar-refractivity contribution in [3.8, 4) is 5.75 Å².